The van der Waals surface area contributed by atoms with Crippen LogP contribution >= 0.6 is 0 Å². The van der Waals surface area contributed by atoms with Gasteiger partial charge >= 0.3 is 6.03 Å². The van der Waals surface area contributed by atoms with Gasteiger partial charge in [0.25, 0.3) is 0 Å². The fourth-order valence-electron chi connectivity index (χ4n) is 3.87. The van der Waals surface area contributed by atoms with Gasteiger partial charge in [0.2, 0.25) is 11.8 Å². The second-order valence-electron chi connectivity index (χ2n) is 8.07. The highest BCUT2D eigenvalue weighted by Crippen LogP contribution is 2.30. The minimum atomic E-state index is -0.642. The average Bonchev–Trinajstić information content (AvgIpc) is 3.14. The van der Waals surface area contributed by atoms with Gasteiger partial charge in [-0.05, 0) is 32.1 Å². The monoisotopic (exact) mass is 380 g/mol. The van der Waals surface area contributed by atoms with E-state index < -0.39 is 12.1 Å². The van der Waals surface area contributed by atoms with Gasteiger partial charge in [0.15, 0.2) is 5.78 Å². The summed E-state index contributed by atoms with van der Waals surface area (Å²) in [4.78, 5) is 52.8. The summed E-state index contributed by atoms with van der Waals surface area (Å²) in [5.41, 5.74) is 0. The van der Waals surface area contributed by atoms with E-state index in [0.29, 0.717) is 19.4 Å². The standard InChI is InChI=1S/C19H32N4O4/c1-6-12(4)20-19(27)22-8-7-15-17(22)16(25)10-23(15)18(26)14(9-11(2)3)21-13(5)24/h11-12,14-15,17H,6-10H2,1-5H3,(H,20,27)(H,21,24)/t12?,14-,15+,17-/m0/s1. The largest absolute Gasteiger partial charge is 0.345 e. The number of hydrogen-bond acceptors (Lipinski definition) is 4. The van der Waals surface area contributed by atoms with Crippen LogP contribution in [0.5, 0.6) is 0 Å². The molecule has 2 heterocycles. The summed E-state index contributed by atoms with van der Waals surface area (Å²) in [5, 5.41) is 5.61. The van der Waals surface area contributed by atoms with E-state index in [4.69, 9.17) is 0 Å². The molecular weight excluding hydrogens is 348 g/mol. The molecule has 2 N–H and O–H groups in total. The molecule has 0 aromatic carbocycles. The molecule has 0 aromatic heterocycles. The number of carbonyl (C=O) groups is 4. The first kappa shape index (κ1) is 21.2. The number of hydrogen-bond donors (Lipinski definition) is 2. The van der Waals surface area contributed by atoms with Crippen LogP contribution in [0, 0.1) is 5.92 Å². The Hall–Kier alpha value is -2.12. The van der Waals surface area contributed by atoms with Crippen molar-refractivity contribution in [1.29, 1.82) is 0 Å². The highest BCUT2D eigenvalue weighted by Gasteiger charge is 2.52. The van der Waals surface area contributed by atoms with Gasteiger partial charge in [-0.1, -0.05) is 20.8 Å². The molecule has 8 nitrogen and oxygen atoms in total. The number of nitrogens with one attached hydrogen (secondary N) is 2. The smallest absolute Gasteiger partial charge is 0.318 e. The highest BCUT2D eigenvalue weighted by molar-refractivity contribution is 5.99. The molecule has 27 heavy (non-hydrogen) atoms. The predicted octanol–water partition coefficient (Wildman–Crippen LogP) is 0.900. The van der Waals surface area contributed by atoms with Gasteiger partial charge in [-0.2, -0.15) is 0 Å². The molecule has 2 fully saturated rings. The van der Waals surface area contributed by atoms with Crippen molar-refractivity contribution in [2.45, 2.75) is 78.0 Å². The number of carbonyl (C=O) groups excluding carboxylic acids is 4. The second kappa shape index (κ2) is 8.71. The van der Waals surface area contributed by atoms with E-state index in [-0.39, 0.29) is 48.2 Å². The molecule has 8 heteroatoms. The molecular formula is C19H32N4O4. The summed E-state index contributed by atoms with van der Waals surface area (Å²) in [6, 6.07) is -1.76. The molecule has 4 amide bonds. The Bertz CT molecular complexity index is 607. The minimum Gasteiger partial charge on any atom is -0.345 e. The maximum Gasteiger partial charge on any atom is 0.318 e. The average molecular weight is 380 g/mol. The van der Waals surface area contributed by atoms with Gasteiger partial charge in [-0.25, -0.2) is 4.79 Å². The molecule has 4 atom stereocenters. The van der Waals surface area contributed by atoms with Crippen LogP contribution in [0.4, 0.5) is 4.79 Å². The van der Waals surface area contributed by atoms with Crippen LogP contribution in [-0.4, -0.2) is 70.7 Å². The van der Waals surface area contributed by atoms with E-state index in [0.717, 1.165) is 6.42 Å². The van der Waals surface area contributed by atoms with E-state index in [1.165, 1.54) is 6.92 Å². The van der Waals surface area contributed by atoms with Crippen molar-refractivity contribution >= 4 is 23.6 Å². The van der Waals surface area contributed by atoms with Crippen LogP contribution in [0.15, 0.2) is 0 Å². The zero-order chi connectivity index (χ0) is 20.3. The van der Waals surface area contributed by atoms with Crippen molar-refractivity contribution in [3.05, 3.63) is 0 Å². The lowest BCUT2D eigenvalue weighted by Crippen LogP contribution is -2.52. The number of fused-ring (bicyclic) bond motifs is 1. The number of likely N-dealkylation sites (tertiary alicyclic amines) is 2. The molecule has 0 aliphatic carbocycles. The third-order valence-corrected chi connectivity index (χ3v) is 5.33. The quantitative estimate of drug-likeness (QED) is 0.715. The van der Waals surface area contributed by atoms with E-state index in [1.807, 2.05) is 27.7 Å². The van der Waals surface area contributed by atoms with Crippen LogP contribution < -0.4 is 10.6 Å². The molecule has 0 bridgehead atoms. The number of ketones is 1. The van der Waals surface area contributed by atoms with E-state index in [2.05, 4.69) is 10.6 Å². The number of amides is 4. The summed E-state index contributed by atoms with van der Waals surface area (Å²) in [7, 11) is 0. The van der Waals surface area contributed by atoms with Crippen LogP contribution in [0.25, 0.3) is 0 Å². The van der Waals surface area contributed by atoms with E-state index in [9.17, 15) is 19.2 Å². The number of nitrogens with zero attached hydrogens (tertiary/aromatic N) is 2. The zero-order valence-corrected chi connectivity index (χ0v) is 16.9. The van der Waals surface area contributed by atoms with Gasteiger partial charge in [0.1, 0.15) is 12.1 Å². The minimum absolute atomic E-state index is 0.00451. The Morgan fingerprint density at radius 2 is 1.81 bits per heavy atom. The maximum atomic E-state index is 13.0. The Morgan fingerprint density at radius 1 is 1.15 bits per heavy atom. The first-order valence-corrected chi connectivity index (χ1v) is 9.83. The third-order valence-electron chi connectivity index (χ3n) is 5.33. The van der Waals surface area contributed by atoms with Crippen LogP contribution in [0.1, 0.15) is 53.9 Å². The Labute approximate surface area is 161 Å². The Kier molecular flexibility index (Phi) is 6.84. The lowest BCUT2D eigenvalue weighted by atomic mass is 10.0. The predicted molar refractivity (Wildman–Crippen MR) is 101 cm³/mol. The summed E-state index contributed by atoms with van der Waals surface area (Å²) >= 11 is 0. The van der Waals surface area contributed by atoms with Crippen molar-refractivity contribution < 1.29 is 19.2 Å². The van der Waals surface area contributed by atoms with Crippen molar-refractivity contribution in [2.24, 2.45) is 5.92 Å². The number of rotatable bonds is 6. The molecule has 0 radical (unpaired) electrons. The molecule has 1 unspecified atom stereocenters. The maximum absolute atomic E-state index is 13.0. The molecule has 2 rings (SSSR count). The third kappa shape index (κ3) is 4.78. The Morgan fingerprint density at radius 3 is 2.37 bits per heavy atom. The SMILES string of the molecule is CCC(C)NC(=O)N1CC[C@@H]2[C@H]1C(=O)CN2C(=O)[C@H](CC(C)C)NC(C)=O. The molecule has 152 valence electrons. The molecule has 0 saturated carbocycles. The molecule has 2 saturated heterocycles. The van der Waals surface area contributed by atoms with Crippen molar-refractivity contribution in [3.8, 4) is 0 Å². The van der Waals surface area contributed by atoms with Gasteiger partial charge in [0.05, 0.1) is 12.6 Å². The first-order valence-electron chi connectivity index (χ1n) is 9.83. The lowest BCUT2D eigenvalue weighted by Gasteiger charge is -2.29. The van der Waals surface area contributed by atoms with Gasteiger partial charge in [-0.15, -0.1) is 0 Å². The first-order chi connectivity index (χ1) is 12.6. The number of urea groups is 1. The van der Waals surface area contributed by atoms with E-state index in [1.54, 1.807) is 9.80 Å². The number of Topliss-reactive ketones (excluding diaryl/α,β-unsaturated/α-hetero) is 1. The summed E-state index contributed by atoms with van der Waals surface area (Å²) in [6.45, 7) is 9.69. The van der Waals surface area contributed by atoms with Gasteiger partial charge in [0, 0.05) is 19.5 Å². The molecule has 2 aliphatic heterocycles. The fraction of sp³-hybridized carbons (Fsp3) is 0.789. The normalized spacial score (nSPS) is 24.0. The molecule has 0 spiro atoms. The molecule has 2 aliphatic rings. The summed E-state index contributed by atoms with van der Waals surface area (Å²) < 4.78 is 0. The van der Waals surface area contributed by atoms with E-state index >= 15 is 0 Å². The summed E-state index contributed by atoms with van der Waals surface area (Å²) in [6.07, 6.45) is 1.89. The topological polar surface area (TPSA) is 98.8 Å². The van der Waals surface area contributed by atoms with Gasteiger partial charge in [-0.3, -0.25) is 14.4 Å². The van der Waals surface area contributed by atoms with Crippen molar-refractivity contribution in [2.75, 3.05) is 13.1 Å². The summed E-state index contributed by atoms with van der Waals surface area (Å²) in [5.74, 6) is -0.390. The van der Waals surface area contributed by atoms with Crippen LogP contribution in [0.3, 0.4) is 0 Å². The highest BCUT2D eigenvalue weighted by atomic mass is 16.2. The van der Waals surface area contributed by atoms with Crippen LogP contribution in [-0.2, 0) is 14.4 Å². The molecule has 0 aromatic rings. The van der Waals surface area contributed by atoms with Gasteiger partial charge < -0.3 is 20.4 Å². The zero-order valence-electron chi connectivity index (χ0n) is 16.9. The van der Waals surface area contributed by atoms with Crippen molar-refractivity contribution in [3.63, 3.8) is 0 Å². The lowest BCUT2D eigenvalue weighted by molar-refractivity contribution is -0.137. The Balaban J connectivity index is 2.13. The fourth-order valence-corrected chi connectivity index (χ4v) is 3.87. The second-order valence-corrected chi connectivity index (χ2v) is 8.07. The van der Waals surface area contributed by atoms with Crippen molar-refractivity contribution in [1.82, 2.24) is 20.4 Å². The van der Waals surface area contributed by atoms with Crippen LogP contribution in [0.2, 0.25) is 0 Å².